The smallest absolute Gasteiger partial charge is 0.334 e. The molecule has 0 saturated carbocycles. The van der Waals surface area contributed by atoms with Gasteiger partial charge in [-0.15, -0.1) is 0 Å². The average Bonchev–Trinajstić information content (AvgIpc) is 2.84. The standard InChI is InChI=1S/C30H31ClF5NO/c1-5-6-21-15-19(9-12-26(21)32)13-14-37(18-20-7-10-22(11-8-20)29(2,3)4)28(38)24-16-23(30(34,35)36)17-25(31)27(24)33/h7-12,15-17H,5-6,13-14,18H2,1-4H3. The Kier molecular flexibility index (Phi) is 9.24. The zero-order chi connectivity index (χ0) is 28.3. The lowest BCUT2D eigenvalue weighted by Crippen LogP contribution is -2.33. The lowest BCUT2D eigenvalue weighted by atomic mass is 9.87. The Morgan fingerprint density at radius 3 is 2.08 bits per heavy atom. The summed E-state index contributed by atoms with van der Waals surface area (Å²) in [5.74, 6) is -2.43. The van der Waals surface area contributed by atoms with E-state index in [1.165, 1.54) is 11.0 Å². The van der Waals surface area contributed by atoms with E-state index in [1.54, 1.807) is 12.1 Å². The van der Waals surface area contributed by atoms with Crippen LogP contribution in [0.4, 0.5) is 22.0 Å². The SMILES string of the molecule is CCCc1cc(CCN(Cc2ccc(C(C)(C)C)cc2)C(=O)c2cc(C(F)(F)F)cc(Cl)c2F)ccc1F. The number of hydrogen-bond donors (Lipinski definition) is 0. The minimum atomic E-state index is -4.80. The van der Waals surface area contributed by atoms with Gasteiger partial charge in [0.2, 0.25) is 0 Å². The first-order valence-electron chi connectivity index (χ1n) is 12.4. The van der Waals surface area contributed by atoms with Crippen LogP contribution >= 0.6 is 11.6 Å². The molecule has 3 aromatic rings. The second kappa shape index (κ2) is 11.9. The van der Waals surface area contributed by atoms with Gasteiger partial charge in [-0.3, -0.25) is 4.79 Å². The van der Waals surface area contributed by atoms with Crippen LogP contribution in [0.3, 0.4) is 0 Å². The van der Waals surface area contributed by atoms with E-state index in [4.69, 9.17) is 11.6 Å². The lowest BCUT2D eigenvalue weighted by molar-refractivity contribution is -0.137. The van der Waals surface area contributed by atoms with E-state index in [9.17, 15) is 26.7 Å². The molecule has 0 aliphatic heterocycles. The summed E-state index contributed by atoms with van der Waals surface area (Å²) >= 11 is 5.75. The molecule has 0 spiro atoms. The molecule has 1 amide bonds. The molecule has 0 bridgehead atoms. The highest BCUT2D eigenvalue weighted by Crippen LogP contribution is 2.34. The molecule has 0 atom stereocenters. The molecule has 0 unspecified atom stereocenters. The Hall–Kier alpha value is -2.93. The van der Waals surface area contributed by atoms with Crippen molar-refractivity contribution in [3.05, 3.63) is 105 Å². The predicted molar refractivity (Wildman–Crippen MR) is 140 cm³/mol. The lowest BCUT2D eigenvalue weighted by Gasteiger charge is -2.25. The number of carbonyl (C=O) groups is 1. The van der Waals surface area contributed by atoms with Gasteiger partial charge in [0.05, 0.1) is 16.1 Å². The van der Waals surface area contributed by atoms with E-state index in [0.717, 1.165) is 23.1 Å². The summed E-state index contributed by atoms with van der Waals surface area (Å²) in [6, 6.07) is 13.2. The largest absolute Gasteiger partial charge is 0.416 e. The van der Waals surface area contributed by atoms with E-state index in [1.807, 2.05) is 31.2 Å². The summed E-state index contributed by atoms with van der Waals surface area (Å²) in [6.07, 6.45) is -3.19. The molecular weight excluding hydrogens is 521 g/mol. The normalized spacial score (nSPS) is 12.1. The molecule has 0 fully saturated rings. The zero-order valence-corrected chi connectivity index (χ0v) is 22.6. The number of alkyl halides is 3. The first-order chi connectivity index (χ1) is 17.7. The van der Waals surface area contributed by atoms with Crippen molar-refractivity contribution in [2.45, 2.75) is 65.1 Å². The number of rotatable bonds is 8. The van der Waals surface area contributed by atoms with E-state index < -0.39 is 34.1 Å². The number of halogens is 6. The maximum atomic E-state index is 14.9. The number of hydrogen-bond acceptors (Lipinski definition) is 1. The monoisotopic (exact) mass is 551 g/mol. The van der Waals surface area contributed by atoms with E-state index in [0.29, 0.717) is 30.5 Å². The molecule has 0 aliphatic carbocycles. The van der Waals surface area contributed by atoms with E-state index in [-0.39, 0.29) is 24.3 Å². The van der Waals surface area contributed by atoms with Gasteiger partial charge < -0.3 is 4.90 Å². The van der Waals surface area contributed by atoms with Crippen molar-refractivity contribution in [1.29, 1.82) is 0 Å². The summed E-state index contributed by atoms with van der Waals surface area (Å²) in [5, 5.41) is -0.777. The van der Waals surface area contributed by atoms with E-state index >= 15 is 0 Å². The first-order valence-corrected chi connectivity index (χ1v) is 12.8. The molecule has 0 heterocycles. The van der Waals surface area contributed by atoms with Gasteiger partial charge in [0, 0.05) is 13.1 Å². The molecule has 0 N–H and O–H groups in total. The van der Waals surface area contributed by atoms with Crippen LogP contribution in [0, 0.1) is 11.6 Å². The van der Waals surface area contributed by atoms with Gasteiger partial charge in [0.15, 0.2) is 5.82 Å². The fourth-order valence-electron chi connectivity index (χ4n) is 4.17. The van der Waals surface area contributed by atoms with Gasteiger partial charge in [-0.25, -0.2) is 8.78 Å². The molecule has 2 nitrogen and oxygen atoms in total. The topological polar surface area (TPSA) is 20.3 Å². The molecular formula is C30H31ClF5NO. The highest BCUT2D eigenvalue weighted by atomic mass is 35.5. The quantitative estimate of drug-likeness (QED) is 0.256. The minimum absolute atomic E-state index is 0.0412. The van der Waals surface area contributed by atoms with Crippen LogP contribution in [0.5, 0.6) is 0 Å². The van der Waals surface area contributed by atoms with Crippen molar-refractivity contribution in [1.82, 2.24) is 4.90 Å². The molecule has 204 valence electrons. The molecule has 0 saturated heterocycles. The Morgan fingerprint density at radius 2 is 1.50 bits per heavy atom. The van der Waals surface area contributed by atoms with Crippen LogP contribution in [0.25, 0.3) is 0 Å². The molecule has 8 heteroatoms. The van der Waals surface area contributed by atoms with Crippen LogP contribution in [0.15, 0.2) is 54.6 Å². The fourth-order valence-corrected chi connectivity index (χ4v) is 4.39. The number of benzene rings is 3. The third kappa shape index (κ3) is 7.34. The summed E-state index contributed by atoms with van der Waals surface area (Å²) in [4.78, 5) is 14.8. The highest BCUT2D eigenvalue weighted by Gasteiger charge is 2.34. The zero-order valence-electron chi connectivity index (χ0n) is 21.9. The van der Waals surface area contributed by atoms with Gasteiger partial charge in [-0.2, -0.15) is 13.2 Å². The molecule has 3 aromatic carbocycles. The van der Waals surface area contributed by atoms with Crippen molar-refractivity contribution >= 4 is 17.5 Å². The number of carbonyl (C=O) groups excluding carboxylic acids is 1. The Bertz CT molecular complexity index is 1280. The highest BCUT2D eigenvalue weighted by molar-refractivity contribution is 6.31. The molecule has 0 radical (unpaired) electrons. The maximum Gasteiger partial charge on any atom is 0.416 e. The Labute approximate surface area is 225 Å². The molecule has 38 heavy (non-hydrogen) atoms. The second-order valence-electron chi connectivity index (χ2n) is 10.4. The van der Waals surface area contributed by atoms with Crippen LogP contribution < -0.4 is 0 Å². The molecule has 3 rings (SSSR count). The third-order valence-corrected chi connectivity index (χ3v) is 6.64. The molecule has 0 aliphatic rings. The van der Waals surface area contributed by atoms with Gasteiger partial charge in [-0.1, -0.05) is 82.1 Å². The number of amides is 1. The van der Waals surface area contributed by atoms with Crippen LogP contribution in [-0.2, 0) is 31.0 Å². The van der Waals surface area contributed by atoms with Crippen LogP contribution in [0.1, 0.15) is 72.3 Å². The summed E-state index contributed by atoms with van der Waals surface area (Å²) in [7, 11) is 0. The minimum Gasteiger partial charge on any atom is -0.334 e. The summed E-state index contributed by atoms with van der Waals surface area (Å²) < 4.78 is 69.1. The van der Waals surface area contributed by atoms with Crippen LogP contribution in [-0.4, -0.2) is 17.4 Å². The third-order valence-electron chi connectivity index (χ3n) is 6.37. The number of aryl methyl sites for hydroxylation is 1. The Morgan fingerprint density at radius 1 is 0.868 bits per heavy atom. The van der Waals surface area contributed by atoms with Crippen molar-refractivity contribution in [2.75, 3.05) is 6.54 Å². The average molecular weight is 552 g/mol. The second-order valence-corrected chi connectivity index (χ2v) is 10.8. The van der Waals surface area contributed by atoms with Gasteiger partial charge >= 0.3 is 6.18 Å². The van der Waals surface area contributed by atoms with Crippen LogP contribution in [0.2, 0.25) is 5.02 Å². The van der Waals surface area contributed by atoms with E-state index in [2.05, 4.69) is 20.8 Å². The van der Waals surface area contributed by atoms with Crippen molar-refractivity contribution in [3.63, 3.8) is 0 Å². The van der Waals surface area contributed by atoms with Gasteiger partial charge in [0.1, 0.15) is 5.82 Å². The Balaban J connectivity index is 1.96. The van der Waals surface area contributed by atoms with Crippen molar-refractivity contribution in [3.8, 4) is 0 Å². The number of nitrogens with zero attached hydrogens (tertiary/aromatic N) is 1. The molecule has 0 aromatic heterocycles. The van der Waals surface area contributed by atoms with Gasteiger partial charge in [-0.05, 0) is 58.7 Å². The first kappa shape index (κ1) is 29.6. The van der Waals surface area contributed by atoms with Crippen molar-refractivity contribution < 1.29 is 26.7 Å². The maximum absolute atomic E-state index is 14.9. The summed E-state index contributed by atoms with van der Waals surface area (Å²) in [6.45, 7) is 8.24. The predicted octanol–water partition coefficient (Wildman–Crippen LogP) is 8.77. The van der Waals surface area contributed by atoms with Crippen molar-refractivity contribution in [2.24, 2.45) is 0 Å². The van der Waals surface area contributed by atoms with Gasteiger partial charge in [0.25, 0.3) is 5.91 Å². The fraction of sp³-hybridized carbons (Fsp3) is 0.367. The summed E-state index contributed by atoms with van der Waals surface area (Å²) in [5.41, 5.74) is 1.08.